The molecule has 0 fully saturated rings. The predicted octanol–water partition coefficient (Wildman–Crippen LogP) is 5.76. The van der Waals surface area contributed by atoms with Gasteiger partial charge in [-0.1, -0.05) is 83.3 Å². The Balaban J connectivity index is 2.55. The van der Waals surface area contributed by atoms with Crippen molar-refractivity contribution in [1.29, 1.82) is 0 Å². The average Bonchev–Trinajstić information content (AvgIpc) is 2.48. The van der Waals surface area contributed by atoms with Crippen molar-refractivity contribution < 1.29 is 22.0 Å². The molecule has 2 aromatic carbocycles. The number of benzene rings is 2. The highest BCUT2D eigenvalue weighted by Gasteiger charge is 2.69. The minimum atomic E-state index is -5.63. The number of hydrogen-bond donors (Lipinski definition) is 0. The zero-order valence-electron chi connectivity index (χ0n) is 11.2. The van der Waals surface area contributed by atoms with E-state index in [9.17, 15) is 22.0 Å². The zero-order valence-corrected chi connectivity index (χ0v) is 13.4. The van der Waals surface area contributed by atoms with E-state index in [0.29, 0.717) is 5.56 Å². The van der Waals surface area contributed by atoms with Crippen LogP contribution in [0.5, 0.6) is 0 Å². The molecule has 0 saturated heterocycles. The Morgan fingerprint density at radius 3 is 1.64 bits per heavy atom. The molecule has 0 aliphatic rings. The van der Waals surface area contributed by atoms with E-state index in [1.807, 2.05) is 0 Å². The van der Waals surface area contributed by atoms with E-state index in [1.54, 1.807) is 36.4 Å². The number of hydrogen-bond acceptors (Lipinski definition) is 0. The second-order valence-electron chi connectivity index (χ2n) is 4.90. The third-order valence-corrected chi connectivity index (χ3v) is 5.06. The lowest BCUT2D eigenvalue weighted by molar-refractivity contribution is -0.294. The molecular weight excluding hydrogens is 414 g/mol. The van der Waals surface area contributed by atoms with Gasteiger partial charge in [0.2, 0.25) is 0 Å². The third-order valence-electron chi connectivity index (χ3n) is 3.38. The summed E-state index contributed by atoms with van der Waals surface area (Å²) in [6.45, 7) is 0. The molecule has 0 nitrogen and oxygen atoms in total. The lowest BCUT2D eigenvalue weighted by Gasteiger charge is -2.37. The summed E-state index contributed by atoms with van der Waals surface area (Å²) in [6.07, 6.45) is -6.05. The fourth-order valence-corrected chi connectivity index (χ4v) is 3.30. The second-order valence-corrected chi connectivity index (χ2v) is 6.74. The maximum absolute atomic E-state index is 14.2. The monoisotopic (exact) mass is 426 g/mol. The number of halogens is 6. The molecule has 0 aliphatic carbocycles. The van der Waals surface area contributed by atoms with Crippen LogP contribution in [-0.2, 0) is 9.84 Å². The Morgan fingerprint density at radius 1 is 0.727 bits per heavy atom. The third kappa shape index (κ3) is 3.11. The maximum atomic E-state index is 14.2. The molecule has 0 radical (unpaired) electrons. The van der Waals surface area contributed by atoms with Gasteiger partial charge in [0.15, 0.2) is 0 Å². The van der Waals surface area contributed by atoms with E-state index in [1.165, 1.54) is 46.9 Å². The number of alkyl halides is 6. The maximum Gasteiger partial charge on any atom is 0.455 e. The fraction of sp³-hybridized carbons (Fsp3) is 0.250. The van der Waals surface area contributed by atoms with E-state index >= 15 is 0 Å². The zero-order chi connectivity index (χ0) is 16.4. The molecule has 1 atom stereocenters. The van der Waals surface area contributed by atoms with Crippen molar-refractivity contribution in [2.24, 2.45) is 0 Å². The van der Waals surface area contributed by atoms with E-state index in [4.69, 9.17) is 0 Å². The molecule has 6 heteroatoms. The predicted molar refractivity (Wildman–Crippen MR) is 83.3 cm³/mol. The molecule has 0 aliphatic heterocycles. The van der Waals surface area contributed by atoms with Crippen molar-refractivity contribution in [1.82, 2.24) is 0 Å². The van der Waals surface area contributed by atoms with Gasteiger partial charge in [0.05, 0.1) is 0 Å². The highest BCUT2D eigenvalue weighted by Crippen LogP contribution is 2.55. The largest absolute Gasteiger partial charge is 0.455 e. The van der Waals surface area contributed by atoms with E-state index in [-0.39, 0.29) is 5.56 Å². The summed E-state index contributed by atoms with van der Waals surface area (Å²) in [5.41, 5.74) is 0.367. The Kier molecular flexibility index (Phi) is 4.79. The van der Waals surface area contributed by atoms with Gasteiger partial charge in [-0.3, -0.25) is 0 Å². The van der Waals surface area contributed by atoms with Gasteiger partial charge in [0.25, 0.3) is 0 Å². The highest BCUT2D eigenvalue weighted by molar-refractivity contribution is 14.1. The normalized spacial score (nSPS) is 15.4. The first kappa shape index (κ1) is 17.2. The smallest absolute Gasteiger partial charge is 0.194 e. The fourth-order valence-electron chi connectivity index (χ4n) is 2.20. The Bertz CT molecular complexity index is 609. The summed E-state index contributed by atoms with van der Waals surface area (Å²) in [5, 5.41) is 0. The van der Waals surface area contributed by atoms with Gasteiger partial charge in [-0.05, 0) is 17.5 Å². The Hall–Kier alpha value is -1.18. The molecule has 1 unspecified atom stereocenters. The van der Waals surface area contributed by atoms with Gasteiger partial charge in [0, 0.05) is 0 Å². The van der Waals surface area contributed by atoms with Gasteiger partial charge in [-0.25, -0.2) is 0 Å². The van der Waals surface area contributed by atoms with Crippen LogP contribution < -0.4 is 0 Å². The summed E-state index contributed by atoms with van der Waals surface area (Å²) in [6, 6.07) is 15.1. The van der Waals surface area contributed by atoms with Gasteiger partial charge < -0.3 is 0 Å². The molecule has 118 valence electrons. The first-order valence-corrected chi connectivity index (χ1v) is 7.49. The summed E-state index contributed by atoms with van der Waals surface area (Å²) in [4.78, 5) is 0. The number of rotatable bonds is 4. The first-order chi connectivity index (χ1) is 10.2. The van der Waals surface area contributed by atoms with Crippen LogP contribution in [0.3, 0.4) is 0 Å². The molecule has 2 rings (SSSR count). The van der Waals surface area contributed by atoms with Crippen molar-refractivity contribution in [3.05, 3.63) is 71.8 Å². The van der Waals surface area contributed by atoms with Crippen molar-refractivity contribution >= 4 is 22.6 Å². The molecule has 0 N–H and O–H groups in total. The second kappa shape index (κ2) is 6.14. The summed E-state index contributed by atoms with van der Waals surface area (Å²) in [5.74, 6) is -4.86. The lowest BCUT2D eigenvalue weighted by Crippen LogP contribution is -2.52. The summed E-state index contributed by atoms with van der Waals surface area (Å²) >= 11 is 1.24. The van der Waals surface area contributed by atoms with Gasteiger partial charge >= 0.3 is 12.1 Å². The quantitative estimate of drug-likeness (QED) is 0.332. The Morgan fingerprint density at radius 2 is 1.18 bits per heavy atom. The minimum absolute atomic E-state index is 0.0539. The van der Waals surface area contributed by atoms with Crippen molar-refractivity contribution in [3.8, 4) is 0 Å². The highest BCUT2D eigenvalue weighted by atomic mass is 127. The summed E-state index contributed by atoms with van der Waals surface area (Å²) in [7, 11) is 0. The van der Waals surface area contributed by atoms with Crippen molar-refractivity contribution in [2.75, 3.05) is 0 Å². The van der Waals surface area contributed by atoms with E-state index < -0.39 is 21.9 Å². The van der Waals surface area contributed by atoms with Crippen LogP contribution in [0.1, 0.15) is 11.1 Å². The molecule has 0 aromatic heterocycles. The van der Waals surface area contributed by atoms with Crippen LogP contribution in [0.2, 0.25) is 0 Å². The summed E-state index contributed by atoms with van der Waals surface area (Å²) < 4.78 is 64.9. The van der Waals surface area contributed by atoms with Crippen molar-refractivity contribution in [3.63, 3.8) is 0 Å². The topological polar surface area (TPSA) is 0 Å². The standard InChI is InChI=1S/C16H12F5I/c17-15(18,16(19,20)21)14(22,13-9-5-2-6-10-13)11-12-7-3-1-4-8-12/h1-10H,11H2. The van der Waals surface area contributed by atoms with Crippen LogP contribution >= 0.6 is 22.6 Å². The Labute approximate surface area is 138 Å². The van der Waals surface area contributed by atoms with E-state index in [0.717, 1.165) is 0 Å². The van der Waals surface area contributed by atoms with Crippen LogP contribution in [0, 0.1) is 0 Å². The molecule has 22 heavy (non-hydrogen) atoms. The molecule has 0 amide bonds. The van der Waals surface area contributed by atoms with Crippen molar-refractivity contribution in [2.45, 2.75) is 21.9 Å². The molecule has 2 aromatic rings. The molecular formula is C16H12F5I. The molecule has 0 spiro atoms. The van der Waals surface area contributed by atoms with Crippen LogP contribution in [0.4, 0.5) is 22.0 Å². The van der Waals surface area contributed by atoms with Gasteiger partial charge in [0.1, 0.15) is 3.42 Å². The van der Waals surface area contributed by atoms with E-state index in [2.05, 4.69) is 0 Å². The SMILES string of the molecule is FC(F)(F)C(F)(F)C(I)(Cc1ccccc1)c1ccccc1. The molecule has 0 heterocycles. The van der Waals surface area contributed by atoms with Crippen LogP contribution in [0.15, 0.2) is 60.7 Å². The minimum Gasteiger partial charge on any atom is -0.194 e. The van der Waals surface area contributed by atoms with Crippen LogP contribution in [0.25, 0.3) is 0 Å². The van der Waals surface area contributed by atoms with Gasteiger partial charge in [-0.2, -0.15) is 22.0 Å². The van der Waals surface area contributed by atoms with Crippen LogP contribution in [-0.4, -0.2) is 12.1 Å². The van der Waals surface area contributed by atoms with Gasteiger partial charge in [-0.15, -0.1) is 0 Å². The first-order valence-electron chi connectivity index (χ1n) is 6.41. The molecule has 0 saturated carbocycles. The molecule has 0 bridgehead atoms. The lowest BCUT2D eigenvalue weighted by atomic mass is 9.86. The average molecular weight is 426 g/mol.